The molecule has 1 nitrogen and oxygen atoms in total. The van der Waals surface area contributed by atoms with Crippen molar-refractivity contribution in [3.8, 4) is 0 Å². The van der Waals surface area contributed by atoms with Gasteiger partial charge in [-0.25, -0.2) is 0 Å². The van der Waals surface area contributed by atoms with E-state index < -0.39 is 0 Å². The van der Waals surface area contributed by atoms with Gasteiger partial charge in [-0.1, -0.05) is 15.9 Å². The standard InChI is InChI=1S/C8H9BrOS/c1-5-3-6(2)11-8(5)7(10)4-9/h3H,4H2,1-2H3. The maximum absolute atomic E-state index is 11.2. The minimum Gasteiger partial charge on any atom is -0.292 e. The van der Waals surface area contributed by atoms with E-state index in [1.165, 1.54) is 4.88 Å². The lowest BCUT2D eigenvalue weighted by molar-refractivity contribution is 0.102. The molecule has 0 bridgehead atoms. The predicted molar refractivity (Wildman–Crippen MR) is 51.9 cm³/mol. The second-order valence-corrected chi connectivity index (χ2v) is 4.24. The fraction of sp³-hybridized carbons (Fsp3) is 0.375. The van der Waals surface area contributed by atoms with Gasteiger partial charge in [-0.2, -0.15) is 0 Å². The van der Waals surface area contributed by atoms with Gasteiger partial charge in [0.05, 0.1) is 10.2 Å². The molecule has 1 aromatic heterocycles. The Morgan fingerprint density at radius 2 is 2.27 bits per heavy atom. The molecule has 0 saturated heterocycles. The average molecular weight is 233 g/mol. The molecule has 0 aliphatic rings. The molecular weight excluding hydrogens is 224 g/mol. The summed E-state index contributed by atoms with van der Waals surface area (Å²) in [5, 5.41) is 0.424. The number of Topliss-reactive ketones (excluding diaryl/α,β-unsaturated/α-hetero) is 1. The van der Waals surface area contributed by atoms with E-state index in [4.69, 9.17) is 0 Å². The number of alkyl halides is 1. The Kier molecular flexibility index (Phi) is 2.84. The highest BCUT2D eigenvalue weighted by atomic mass is 79.9. The van der Waals surface area contributed by atoms with Gasteiger partial charge in [0.2, 0.25) is 0 Å². The molecule has 0 unspecified atom stereocenters. The number of rotatable bonds is 2. The monoisotopic (exact) mass is 232 g/mol. The Labute approximate surface area is 78.6 Å². The Morgan fingerprint density at radius 1 is 1.64 bits per heavy atom. The van der Waals surface area contributed by atoms with Crippen LogP contribution in [0.4, 0.5) is 0 Å². The molecule has 0 atom stereocenters. The molecule has 0 radical (unpaired) electrons. The van der Waals surface area contributed by atoms with E-state index in [0.717, 1.165) is 10.4 Å². The number of halogens is 1. The molecule has 0 aliphatic heterocycles. The van der Waals surface area contributed by atoms with Crippen LogP contribution in [0.5, 0.6) is 0 Å². The summed E-state index contributed by atoms with van der Waals surface area (Å²) in [7, 11) is 0. The fourth-order valence-corrected chi connectivity index (χ4v) is 2.41. The Bertz CT molecular complexity index is 278. The number of aryl methyl sites for hydroxylation is 2. The van der Waals surface area contributed by atoms with Crippen molar-refractivity contribution in [2.75, 3.05) is 5.33 Å². The van der Waals surface area contributed by atoms with Crippen molar-refractivity contribution >= 4 is 33.0 Å². The third kappa shape index (κ3) is 1.91. The summed E-state index contributed by atoms with van der Waals surface area (Å²) in [4.78, 5) is 13.3. The number of hydrogen-bond acceptors (Lipinski definition) is 2. The molecule has 0 spiro atoms. The van der Waals surface area contributed by atoms with Crippen molar-refractivity contribution in [1.29, 1.82) is 0 Å². The molecule has 0 saturated carbocycles. The fourth-order valence-electron chi connectivity index (χ4n) is 0.979. The summed E-state index contributed by atoms with van der Waals surface area (Å²) >= 11 is 4.72. The lowest BCUT2D eigenvalue weighted by Crippen LogP contribution is -1.97. The van der Waals surface area contributed by atoms with Gasteiger partial charge in [0.1, 0.15) is 0 Å². The molecule has 0 N–H and O–H groups in total. The first-order valence-corrected chi connectivity index (χ1v) is 5.25. The Morgan fingerprint density at radius 3 is 2.64 bits per heavy atom. The molecule has 0 fully saturated rings. The van der Waals surface area contributed by atoms with Crippen LogP contribution in [0, 0.1) is 13.8 Å². The number of hydrogen-bond donors (Lipinski definition) is 0. The number of thiophene rings is 1. The van der Waals surface area contributed by atoms with E-state index in [2.05, 4.69) is 15.9 Å². The minimum atomic E-state index is 0.181. The van der Waals surface area contributed by atoms with Crippen molar-refractivity contribution in [3.05, 3.63) is 21.4 Å². The van der Waals surface area contributed by atoms with Gasteiger partial charge in [0.15, 0.2) is 5.78 Å². The molecule has 0 aliphatic carbocycles. The van der Waals surface area contributed by atoms with Gasteiger partial charge in [-0.3, -0.25) is 4.79 Å². The van der Waals surface area contributed by atoms with E-state index in [0.29, 0.717) is 5.33 Å². The smallest absolute Gasteiger partial charge is 0.183 e. The highest BCUT2D eigenvalue weighted by molar-refractivity contribution is 9.09. The van der Waals surface area contributed by atoms with Crippen LogP contribution in [0.1, 0.15) is 20.1 Å². The summed E-state index contributed by atoms with van der Waals surface area (Å²) < 4.78 is 0. The van der Waals surface area contributed by atoms with E-state index in [1.807, 2.05) is 19.9 Å². The lowest BCUT2D eigenvalue weighted by Gasteiger charge is -1.91. The third-order valence-electron chi connectivity index (χ3n) is 1.42. The first-order valence-electron chi connectivity index (χ1n) is 3.31. The highest BCUT2D eigenvalue weighted by Gasteiger charge is 2.09. The summed E-state index contributed by atoms with van der Waals surface area (Å²) in [6, 6.07) is 2.04. The average Bonchev–Trinajstić information content (AvgIpc) is 2.28. The molecular formula is C8H9BrOS. The van der Waals surface area contributed by atoms with Crippen LogP contribution in [0.25, 0.3) is 0 Å². The van der Waals surface area contributed by atoms with Gasteiger partial charge in [0, 0.05) is 4.88 Å². The molecule has 1 heterocycles. The second-order valence-electron chi connectivity index (χ2n) is 2.43. The first kappa shape index (κ1) is 8.94. The lowest BCUT2D eigenvalue weighted by atomic mass is 10.2. The maximum atomic E-state index is 11.2. The van der Waals surface area contributed by atoms with E-state index in [1.54, 1.807) is 11.3 Å². The van der Waals surface area contributed by atoms with Gasteiger partial charge in [-0.15, -0.1) is 11.3 Å². The van der Waals surface area contributed by atoms with Crippen LogP contribution >= 0.6 is 27.3 Å². The largest absolute Gasteiger partial charge is 0.292 e. The van der Waals surface area contributed by atoms with Crippen molar-refractivity contribution in [2.24, 2.45) is 0 Å². The van der Waals surface area contributed by atoms with E-state index in [9.17, 15) is 4.79 Å². The van der Waals surface area contributed by atoms with Crippen LogP contribution in [0.3, 0.4) is 0 Å². The van der Waals surface area contributed by atoms with Crippen molar-refractivity contribution in [2.45, 2.75) is 13.8 Å². The zero-order valence-corrected chi connectivity index (χ0v) is 8.88. The minimum absolute atomic E-state index is 0.181. The zero-order valence-electron chi connectivity index (χ0n) is 6.48. The van der Waals surface area contributed by atoms with Crippen LogP contribution in [-0.2, 0) is 0 Å². The molecule has 1 rings (SSSR count). The summed E-state index contributed by atoms with van der Waals surface area (Å²) in [5.41, 5.74) is 1.09. The molecule has 0 amide bonds. The highest BCUT2D eigenvalue weighted by Crippen LogP contribution is 2.21. The zero-order chi connectivity index (χ0) is 8.43. The van der Waals surface area contributed by atoms with E-state index in [-0.39, 0.29) is 5.78 Å². The number of ketones is 1. The Balaban J connectivity index is 3.03. The predicted octanol–water partition coefficient (Wildman–Crippen LogP) is 2.94. The molecule has 0 aromatic carbocycles. The van der Waals surface area contributed by atoms with Gasteiger partial charge < -0.3 is 0 Å². The third-order valence-corrected chi connectivity index (χ3v) is 3.12. The second kappa shape index (κ2) is 3.50. The van der Waals surface area contributed by atoms with E-state index >= 15 is 0 Å². The molecule has 60 valence electrons. The van der Waals surface area contributed by atoms with Crippen LogP contribution in [0.2, 0.25) is 0 Å². The van der Waals surface area contributed by atoms with Gasteiger partial charge >= 0.3 is 0 Å². The molecule has 11 heavy (non-hydrogen) atoms. The maximum Gasteiger partial charge on any atom is 0.183 e. The summed E-state index contributed by atoms with van der Waals surface area (Å²) in [5.74, 6) is 0.181. The molecule has 3 heteroatoms. The van der Waals surface area contributed by atoms with Crippen LogP contribution in [0.15, 0.2) is 6.07 Å². The summed E-state index contributed by atoms with van der Waals surface area (Å²) in [6.07, 6.45) is 0. The van der Waals surface area contributed by atoms with Crippen LogP contribution < -0.4 is 0 Å². The number of carbonyl (C=O) groups excluding carboxylic acids is 1. The SMILES string of the molecule is Cc1cc(C)c(C(=O)CBr)s1. The first-order chi connectivity index (χ1) is 5.15. The Hall–Kier alpha value is -0.150. The molecule has 1 aromatic rings. The van der Waals surface area contributed by atoms with Crippen molar-refractivity contribution in [3.63, 3.8) is 0 Å². The van der Waals surface area contributed by atoms with Gasteiger partial charge in [-0.05, 0) is 25.5 Å². The quantitative estimate of drug-likeness (QED) is 0.567. The number of carbonyl (C=O) groups is 1. The normalized spacial score (nSPS) is 10.1. The summed E-state index contributed by atoms with van der Waals surface area (Å²) in [6.45, 7) is 3.99. The van der Waals surface area contributed by atoms with Crippen molar-refractivity contribution < 1.29 is 4.79 Å². The van der Waals surface area contributed by atoms with Gasteiger partial charge in [0.25, 0.3) is 0 Å². The van der Waals surface area contributed by atoms with Crippen molar-refractivity contribution in [1.82, 2.24) is 0 Å². The topological polar surface area (TPSA) is 17.1 Å². The van der Waals surface area contributed by atoms with Crippen LogP contribution in [-0.4, -0.2) is 11.1 Å².